The molecular formula is C10H20NO2. The maximum atomic E-state index is 11.1. The van der Waals surface area contributed by atoms with E-state index in [1.807, 2.05) is 27.7 Å². The van der Waals surface area contributed by atoms with Gasteiger partial charge in [0, 0.05) is 6.54 Å². The molecule has 0 aliphatic heterocycles. The van der Waals surface area contributed by atoms with Gasteiger partial charge in [-0.3, -0.25) is 0 Å². The molecule has 0 spiro atoms. The van der Waals surface area contributed by atoms with Gasteiger partial charge in [-0.05, 0) is 33.1 Å². The number of alkyl carbamates (subject to hydrolysis) is 1. The number of ether oxygens (including phenoxy) is 1. The minimum Gasteiger partial charge on any atom is -0.444 e. The number of nitrogens with one attached hydrogen (secondary N) is 1. The molecule has 0 aliphatic rings. The van der Waals surface area contributed by atoms with Crippen LogP contribution in [0.5, 0.6) is 0 Å². The topological polar surface area (TPSA) is 38.3 Å². The molecular weight excluding hydrogens is 166 g/mol. The summed E-state index contributed by atoms with van der Waals surface area (Å²) in [5.41, 5.74) is -0.419. The van der Waals surface area contributed by atoms with Gasteiger partial charge in [0.05, 0.1) is 0 Å². The summed E-state index contributed by atoms with van der Waals surface area (Å²) in [7, 11) is 0. The van der Waals surface area contributed by atoms with E-state index < -0.39 is 5.60 Å². The summed E-state index contributed by atoms with van der Waals surface area (Å²) in [5, 5.41) is 2.69. The van der Waals surface area contributed by atoms with Gasteiger partial charge in [0.2, 0.25) is 0 Å². The van der Waals surface area contributed by atoms with Crippen molar-refractivity contribution in [1.82, 2.24) is 5.32 Å². The zero-order chi connectivity index (χ0) is 10.5. The highest BCUT2D eigenvalue weighted by Crippen LogP contribution is 2.06. The summed E-state index contributed by atoms with van der Waals surface area (Å²) in [5.74, 6) is 0.396. The molecule has 1 unspecified atom stereocenters. The summed E-state index contributed by atoms with van der Waals surface area (Å²) < 4.78 is 5.06. The third-order valence-corrected chi connectivity index (χ3v) is 1.49. The Morgan fingerprint density at radius 1 is 1.54 bits per heavy atom. The van der Waals surface area contributed by atoms with Crippen molar-refractivity contribution in [3.8, 4) is 0 Å². The quantitative estimate of drug-likeness (QED) is 0.734. The highest BCUT2D eigenvalue weighted by atomic mass is 16.6. The third kappa shape index (κ3) is 7.62. The van der Waals surface area contributed by atoms with Crippen LogP contribution in [-0.4, -0.2) is 18.2 Å². The van der Waals surface area contributed by atoms with Gasteiger partial charge in [0.1, 0.15) is 5.60 Å². The second-order valence-corrected chi connectivity index (χ2v) is 4.28. The molecule has 0 bridgehead atoms. The largest absolute Gasteiger partial charge is 0.444 e. The first-order valence-corrected chi connectivity index (χ1v) is 4.61. The van der Waals surface area contributed by atoms with E-state index in [1.54, 1.807) is 0 Å². The second-order valence-electron chi connectivity index (χ2n) is 4.28. The van der Waals surface area contributed by atoms with E-state index >= 15 is 0 Å². The lowest BCUT2D eigenvalue weighted by Crippen LogP contribution is -2.34. The van der Waals surface area contributed by atoms with Crippen LogP contribution in [0, 0.1) is 12.8 Å². The number of carbonyl (C=O) groups is 1. The molecule has 1 N–H and O–H groups in total. The van der Waals surface area contributed by atoms with Gasteiger partial charge in [0.25, 0.3) is 0 Å². The van der Waals surface area contributed by atoms with Crippen molar-refractivity contribution < 1.29 is 9.53 Å². The number of rotatable bonds is 3. The zero-order valence-corrected chi connectivity index (χ0v) is 9.02. The highest BCUT2D eigenvalue weighted by molar-refractivity contribution is 5.67. The van der Waals surface area contributed by atoms with Gasteiger partial charge < -0.3 is 10.1 Å². The van der Waals surface area contributed by atoms with Crippen molar-refractivity contribution >= 4 is 6.09 Å². The fraction of sp³-hybridized carbons (Fsp3) is 0.800. The summed E-state index contributed by atoms with van der Waals surface area (Å²) in [6.07, 6.45) is 0.461. The van der Waals surface area contributed by atoms with Crippen LogP contribution >= 0.6 is 0 Å². The molecule has 3 heteroatoms. The standard InChI is InChI=1S/C10H20NO2/c1-6-8(2)7-11-9(12)13-10(3,4)5/h8H,1,6-7H2,2-5H3,(H,11,12). The van der Waals surface area contributed by atoms with Crippen molar-refractivity contribution in [2.75, 3.05) is 6.54 Å². The highest BCUT2D eigenvalue weighted by Gasteiger charge is 2.15. The maximum Gasteiger partial charge on any atom is 0.407 e. The summed E-state index contributed by atoms with van der Waals surface area (Å²) in [6, 6.07) is 0. The van der Waals surface area contributed by atoms with Crippen LogP contribution < -0.4 is 5.32 Å². The van der Waals surface area contributed by atoms with Crippen molar-refractivity contribution in [3.63, 3.8) is 0 Å². The molecule has 1 atom stereocenters. The third-order valence-electron chi connectivity index (χ3n) is 1.49. The zero-order valence-electron chi connectivity index (χ0n) is 9.02. The van der Waals surface area contributed by atoms with Gasteiger partial charge >= 0.3 is 6.09 Å². The Hall–Kier alpha value is -0.730. The molecule has 0 aromatic rings. The summed E-state index contributed by atoms with van der Waals surface area (Å²) >= 11 is 0. The van der Waals surface area contributed by atoms with Crippen molar-refractivity contribution in [2.45, 2.75) is 39.7 Å². The Morgan fingerprint density at radius 3 is 2.46 bits per heavy atom. The number of carbonyl (C=O) groups excluding carboxylic acids is 1. The molecule has 0 aromatic carbocycles. The van der Waals surface area contributed by atoms with Crippen LogP contribution in [-0.2, 0) is 4.74 Å². The van der Waals surface area contributed by atoms with Gasteiger partial charge in [-0.15, -0.1) is 0 Å². The SMILES string of the molecule is [CH2]CC(C)CNC(=O)OC(C)(C)C. The maximum absolute atomic E-state index is 11.1. The van der Waals surface area contributed by atoms with E-state index in [9.17, 15) is 4.79 Å². The second kappa shape index (κ2) is 5.10. The summed E-state index contributed by atoms with van der Waals surface area (Å²) in [6.45, 7) is 11.9. The van der Waals surface area contributed by atoms with Crippen molar-refractivity contribution in [2.24, 2.45) is 5.92 Å². The average Bonchev–Trinajstić information content (AvgIpc) is 1.97. The Morgan fingerprint density at radius 2 is 2.08 bits per heavy atom. The number of hydrogen-bond donors (Lipinski definition) is 1. The Bertz CT molecular complexity index is 161. The van der Waals surface area contributed by atoms with E-state index in [0.717, 1.165) is 6.42 Å². The van der Waals surface area contributed by atoms with Crippen molar-refractivity contribution in [3.05, 3.63) is 6.92 Å². The van der Waals surface area contributed by atoms with Crippen molar-refractivity contribution in [1.29, 1.82) is 0 Å². The lowest BCUT2D eigenvalue weighted by molar-refractivity contribution is 0.0520. The van der Waals surface area contributed by atoms with Gasteiger partial charge in [-0.25, -0.2) is 4.79 Å². The fourth-order valence-electron chi connectivity index (χ4n) is 0.674. The van der Waals surface area contributed by atoms with Gasteiger partial charge in [0.15, 0.2) is 0 Å². The first kappa shape index (κ1) is 12.3. The lowest BCUT2D eigenvalue weighted by atomic mass is 10.1. The van der Waals surface area contributed by atoms with Crippen LogP contribution in [0.2, 0.25) is 0 Å². The Kier molecular flexibility index (Phi) is 4.81. The first-order chi connectivity index (χ1) is 5.85. The molecule has 0 aliphatic carbocycles. The van der Waals surface area contributed by atoms with Crippen LogP contribution in [0.1, 0.15) is 34.1 Å². The van der Waals surface area contributed by atoms with Gasteiger partial charge in [-0.2, -0.15) is 0 Å². The monoisotopic (exact) mass is 186 g/mol. The minimum absolute atomic E-state index is 0.354. The molecule has 0 aromatic heterocycles. The normalized spacial score (nSPS) is 13.6. The molecule has 0 rings (SSSR count). The smallest absolute Gasteiger partial charge is 0.407 e. The molecule has 0 fully saturated rings. The molecule has 77 valence electrons. The molecule has 3 nitrogen and oxygen atoms in total. The molecule has 1 amide bonds. The molecule has 0 heterocycles. The first-order valence-electron chi connectivity index (χ1n) is 4.61. The van der Waals surface area contributed by atoms with Crippen LogP contribution in [0.15, 0.2) is 0 Å². The number of hydrogen-bond acceptors (Lipinski definition) is 2. The van der Waals surface area contributed by atoms with E-state index in [0.29, 0.717) is 12.5 Å². The molecule has 0 saturated heterocycles. The molecule has 13 heavy (non-hydrogen) atoms. The van der Waals surface area contributed by atoms with E-state index in [2.05, 4.69) is 12.2 Å². The van der Waals surface area contributed by atoms with Crippen LogP contribution in [0.4, 0.5) is 4.79 Å². The van der Waals surface area contributed by atoms with E-state index in [4.69, 9.17) is 4.74 Å². The van der Waals surface area contributed by atoms with E-state index in [-0.39, 0.29) is 6.09 Å². The molecule has 1 radical (unpaired) electrons. The van der Waals surface area contributed by atoms with Gasteiger partial charge in [-0.1, -0.05) is 13.8 Å². The fourth-order valence-corrected chi connectivity index (χ4v) is 0.674. The van der Waals surface area contributed by atoms with Crippen LogP contribution in [0.25, 0.3) is 0 Å². The van der Waals surface area contributed by atoms with Crippen LogP contribution in [0.3, 0.4) is 0 Å². The van der Waals surface area contributed by atoms with E-state index in [1.165, 1.54) is 0 Å². The minimum atomic E-state index is -0.419. The predicted molar refractivity (Wildman–Crippen MR) is 53.4 cm³/mol. The lowest BCUT2D eigenvalue weighted by Gasteiger charge is -2.20. The Labute approximate surface area is 80.8 Å². The predicted octanol–water partition coefficient (Wildman–Crippen LogP) is 2.37. The Balaban J connectivity index is 3.64. The summed E-state index contributed by atoms with van der Waals surface area (Å²) in [4.78, 5) is 11.1. The number of amides is 1. The average molecular weight is 186 g/mol. The molecule has 0 saturated carbocycles.